The van der Waals surface area contributed by atoms with Crippen molar-refractivity contribution in [2.45, 2.75) is 6.92 Å². The Bertz CT molecular complexity index is 490. The highest BCUT2D eigenvalue weighted by Gasteiger charge is 1.96. The Balaban J connectivity index is 3.02. The third kappa shape index (κ3) is 34.9. The van der Waals surface area contributed by atoms with Crippen LogP contribution in [-0.2, 0) is 52.1 Å². The van der Waals surface area contributed by atoms with Gasteiger partial charge in [-0.2, -0.15) is 0 Å². The summed E-state index contributed by atoms with van der Waals surface area (Å²) in [5.41, 5.74) is 6.50. The lowest BCUT2D eigenvalue weighted by molar-refractivity contribution is -0.0273. The number of hydrogen-bond donors (Lipinski definition) is 1. The first kappa shape index (κ1) is 36.9. The van der Waals surface area contributed by atoms with Gasteiger partial charge >= 0.3 is 0 Å². The Hall–Kier alpha value is -1.13. The van der Waals surface area contributed by atoms with Crippen LogP contribution in [0.4, 0.5) is 0 Å². The maximum atomic E-state index is 6.50. The Morgan fingerprint density at radius 2 is 0.579 bits per heavy atom. The SMILES string of the molecule is CCOCCOCCOCCOCCOCCOCCOCCOCCOCCOCCOCCN=[N+]=N. The molecule has 0 rings (SSSR count). The van der Waals surface area contributed by atoms with Crippen molar-refractivity contribution in [3.05, 3.63) is 0 Å². The summed E-state index contributed by atoms with van der Waals surface area (Å²) >= 11 is 0. The average Bonchev–Trinajstić information content (AvgIpc) is 2.93. The van der Waals surface area contributed by atoms with E-state index in [4.69, 9.17) is 57.6 Å². The van der Waals surface area contributed by atoms with Gasteiger partial charge in [0.25, 0.3) is 0 Å². The summed E-state index contributed by atoms with van der Waals surface area (Å²) in [6.45, 7) is 14.0. The second kappa shape index (κ2) is 35.9. The topological polar surface area (TPSA) is 152 Å². The predicted molar refractivity (Wildman–Crippen MR) is 137 cm³/mol. The minimum Gasteiger partial charge on any atom is -0.379 e. The zero-order chi connectivity index (χ0) is 27.5. The highest BCUT2D eigenvalue weighted by molar-refractivity contribution is 4.39. The summed E-state index contributed by atoms with van der Waals surface area (Å²) in [5.74, 6) is 0. The molecule has 0 saturated carbocycles. The first-order valence-corrected chi connectivity index (χ1v) is 13.3. The van der Waals surface area contributed by atoms with Gasteiger partial charge in [0.2, 0.25) is 4.91 Å². The summed E-state index contributed by atoms with van der Waals surface area (Å²) in [7, 11) is 0. The summed E-state index contributed by atoms with van der Waals surface area (Å²) < 4.78 is 59.1. The van der Waals surface area contributed by atoms with E-state index in [2.05, 4.69) is 10.0 Å². The molecular weight excluding hydrogens is 506 g/mol. The Morgan fingerprint density at radius 1 is 0.368 bits per heavy atom. The van der Waals surface area contributed by atoms with Crippen LogP contribution in [0.5, 0.6) is 0 Å². The molecule has 0 heterocycles. The van der Waals surface area contributed by atoms with Crippen LogP contribution in [-0.4, -0.2) is 152 Å². The lowest BCUT2D eigenvalue weighted by Gasteiger charge is -2.09. The van der Waals surface area contributed by atoms with E-state index in [1.54, 1.807) is 0 Å². The van der Waals surface area contributed by atoms with Crippen molar-refractivity contribution in [2.24, 2.45) is 5.11 Å². The van der Waals surface area contributed by atoms with Crippen molar-refractivity contribution in [3.8, 4) is 0 Å². The number of hydrogen-bond acceptors (Lipinski definition) is 13. The molecule has 14 nitrogen and oxygen atoms in total. The van der Waals surface area contributed by atoms with Crippen molar-refractivity contribution in [2.75, 3.05) is 152 Å². The third-order valence-electron chi connectivity index (χ3n) is 4.33. The lowest BCUT2D eigenvalue weighted by Crippen LogP contribution is -2.15. The molecule has 0 aliphatic rings. The molecule has 0 aromatic carbocycles. The van der Waals surface area contributed by atoms with Crippen LogP contribution in [0.25, 0.3) is 0 Å². The molecule has 0 bridgehead atoms. The monoisotopic (exact) mass is 556 g/mol. The van der Waals surface area contributed by atoms with E-state index in [1.165, 1.54) is 0 Å². The summed E-state index contributed by atoms with van der Waals surface area (Å²) in [6.07, 6.45) is 0. The zero-order valence-electron chi connectivity index (χ0n) is 23.1. The Labute approximate surface area is 227 Å². The second-order valence-corrected chi connectivity index (χ2v) is 7.29. The first-order chi connectivity index (χ1) is 18.9. The number of ether oxygens (including phenoxy) is 11. The summed E-state index contributed by atoms with van der Waals surface area (Å²) in [6, 6.07) is 0. The highest BCUT2D eigenvalue weighted by Crippen LogP contribution is 1.87. The standard InChI is InChI=1S/C24H50N3O11/c1-2-28-5-6-30-9-10-32-13-14-34-17-18-36-21-22-38-24-23-37-20-19-35-16-15-33-12-11-31-8-7-29-4-3-26-27-25/h25H,2-24H2,1H3/q+1. The summed E-state index contributed by atoms with van der Waals surface area (Å²) in [5, 5.41) is 3.48. The number of nitrogens with zero attached hydrogens (tertiary/aromatic N) is 2. The normalized spacial score (nSPS) is 11.2. The third-order valence-corrected chi connectivity index (χ3v) is 4.33. The average molecular weight is 557 g/mol. The van der Waals surface area contributed by atoms with E-state index < -0.39 is 0 Å². The van der Waals surface area contributed by atoms with Crippen LogP contribution in [0.15, 0.2) is 5.11 Å². The van der Waals surface area contributed by atoms with Gasteiger partial charge in [0.15, 0.2) is 0 Å². The van der Waals surface area contributed by atoms with Crippen LogP contribution < -0.4 is 4.91 Å². The van der Waals surface area contributed by atoms with Crippen molar-refractivity contribution < 1.29 is 52.1 Å². The fraction of sp³-hybridized carbons (Fsp3) is 1.00. The van der Waals surface area contributed by atoms with E-state index in [0.717, 1.165) is 0 Å². The molecule has 0 aromatic heterocycles. The van der Waals surface area contributed by atoms with Gasteiger partial charge in [-0.15, -0.1) is 0 Å². The van der Waals surface area contributed by atoms with Crippen LogP contribution in [0.1, 0.15) is 6.92 Å². The van der Waals surface area contributed by atoms with E-state index in [9.17, 15) is 0 Å². The van der Waals surface area contributed by atoms with Crippen LogP contribution >= 0.6 is 0 Å². The van der Waals surface area contributed by atoms with Crippen LogP contribution in [0.2, 0.25) is 0 Å². The van der Waals surface area contributed by atoms with Crippen LogP contribution in [0, 0.1) is 5.53 Å². The highest BCUT2D eigenvalue weighted by atomic mass is 16.6. The van der Waals surface area contributed by atoms with Crippen molar-refractivity contribution in [1.82, 2.24) is 4.91 Å². The molecule has 0 radical (unpaired) electrons. The van der Waals surface area contributed by atoms with Gasteiger partial charge in [-0.25, -0.2) is 0 Å². The molecule has 0 aliphatic carbocycles. The van der Waals surface area contributed by atoms with Crippen LogP contribution in [0.3, 0.4) is 0 Å². The van der Waals surface area contributed by atoms with Gasteiger partial charge in [-0.1, -0.05) is 0 Å². The van der Waals surface area contributed by atoms with Gasteiger partial charge in [0.05, 0.1) is 139 Å². The Morgan fingerprint density at radius 3 is 0.789 bits per heavy atom. The maximum Gasteiger partial charge on any atom is 0.214 e. The molecule has 0 spiro atoms. The van der Waals surface area contributed by atoms with Gasteiger partial charge in [-0.3, -0.25) is 0 Å². The molecule has 0 aromatic rings. The second-order valence-electron chi connectivity index (χ2n) is 7.29. The maximum absolute atomic E-state index is 6.50. The quantitative estimate of drug-likeness (QED) is 0.0678. The largest absolute Gasteiger partial charge is 0.379 e. The number of nitrogens with one attached hydrogen (secondary N) is 1. The minimum atomic E-state index is 0.393. The molecule has 14 heteroatoms. The zero-order valence-corrected chi connectivity index (χ0v) is 23.1. The van der Waals surface area contributed by atoms with Crippen molar-refractivity contribution in [3.63, 3.8) is 0 Å². The summed E-state index contributed by atoms with van der Waals surface area (Å²) in [4.78, 5) is 2.89. The molecule has 1 N–H and O–H groups in total. The molecular formula is C24H50N3O11+. The van der Waals surface area contributed by atoms with Crippen molar-refractivity contribution in [1.29, 1.82) is 5.53 Å². The fourth-order valence-corrected chi connectivity index (χ4v) is 2.50. The van der Waals surface area contributed by atoms with Crippen molar-refractivity contribution >= 4 is 0 Å². The number of rotatable bonds is 34. The molecule has 0 unspecified atom stereocenters. The van der Waals surface area contributed by atoms with E-state index in [1.807, 2.05) is 6.92 Å². The fourth-order valence-electron chi connectivity index (χ4n) is 2.50. The predicted octanol–water partition coefficient (Wildman–Crippen LogP) is 0.739. The van der Waals surface area contributed by atoms with Gasteiger partial charge in [0, 0.05) is 6.61 Å². The van der Waals surface area contributed by atoms with Gasteiger partial charge in [0.1, 0.15) is 17.2 Å². The lowest BCUT2D eigenvalue weighted by atomic mass is 10.6. The van der Waals surface area contributed by atoms with E-state index >= 15 is 0 Å². The Kier molecular flexibility index (Phi) is 34.8. The molecule has 226 valence electrons. The smallest absolute Gasteiger partial charge is 0.214 e. The molecule has 0 amide bonds. The van der Waals surface area contributed by atoms with Gasteiger partial charge in [-0.05, 0) is 6.92 Å². The molecule has 0 saturated heterocycles. The molecule has 38 heavy (non-hydrogen) atoms. The van der Waals surface area contributed by atoms with E-state index in [0.29, 0.717) is 152 Å². The molecule has 0 aliphatic heterocycles. The minimum absolute atomic E-state index is 0.393. The van der Waals surface area contributed by atoms with E-state index in [-0.39, 0.29) is 0 Å². The first-order valence-electron chi connectivity index (χ1n) is 13.3. The van der Waals surface area contributed by atoms with Gasteiger partial charge < -0.3 is 52.1 Å². The molecule has 0 fully saturated rings. The molecule has 0 atom stereocenters.